The SMILES string of the molecule is CC(CNC(C)(C)C)C(C)Cc1c(Cl)cccc1Cl. The first kappa shape index (κ1) is 16.8. The van der Waals surface area contributed by atoms with Gasteiger partial charge in [-0.1, -0.05) is 43.1 Å². The van der Waals surface area contributed by atoms with Crippen LogP contribution in [0, 0.1) is 11.8 Å². The number of rotatable bonds is 5. The molecule has 0 aliphatic carbocycles. The topological polar surface area (TPSA) is 12.0 Å². The summed E-state index contributed by atoms with van der Waals surface area (Å²) < 4.78 is 0. The summed E-state index contributed by atoms with van der Waals surface area (Å²) in [6.07, 6.45) is 0.922. The molecule has 3 heteroatoms. The Morgan fingerprint density at radius 1 is 1.05 bits per heavy atom. The first-order chi connectivity index (χ1) is 8.70. The highest BCUT2D eigenvalue weighted by atomic mass is 35.5. The first-order valence-corrected chi connectivity index (χ1v) is 7.64. The van der Waals surface area contributed by atoms with Gasteiger partial charge in [0.2, 0.25) is 0 Å². The van der Waals surface area contributed by atoms with Gasteiger partial charge in [-0.15, -0.1) is 0 Å². The maximum Gasteiger partial charge on any atom is 0.0452 e. The summed E-state index contributed by atoms with van der Waals surface area (Å²) in [5, 5.41) is 5.10. The Hall–Kier alpha value is -0.240. The summed E-state index contributed by atoms with van der Waals surface area (Å²) in [5.41, 5.74) is 1.23. The minimum absolute atomic E-state index is 0.163. The van der Waals surface area contributed by atoms with Crippen LogP contribution in [-0.4, -0.2) is 12.1 Å². The third-order valence-electron chi connectivity index (χ3n) is 3.51. The van der Waals surface area contributed by atoms with Crippen molar-refractivity contribution in [1.29, 1.82) is 0 Å². The lowest BCUT2D eigenvalue weighted by atomic mass is 9.89. The van der Waals surface area contributed by atoms with Gasteiger partial charge in [-0.2, -0.15) is 0 Å². The van der Waals surface area contributed by atoms with Crippen LogP contribution in [0.2, 0.25) is 10.0 Å². The summed E-state index contributed by atoms with van der Waals surface area (Å²) in [5.74, 6) is 1.11. The minimum atomic E-state index is 0.163. The molecule has 0 radical (unpaired) electrons. The van der Waals surface area contributed by atoms with Crippen LogP contribution < -0.4 is 5.32 Å². The van der Waals surface area contributed by atoms with Gasteiger partial charge in [-0.05, 0) is 63.3 Å². The van der Waals surface area contributed by atoms with Gasteiger partial charge < -0.3 is 5.32 Å². The van der Waals surface area contributed by atoms with Gasteiger partial charge in [0.25, 0.3) is 0 Å². The standard InChI is InChI=1S/C16H25Cl2N/c1-11(12(2)10-19-16(3,4)5)9-13-14(17)7-6-8-15(13)18/h6-8,11-12,19H,9-10H2,1-5H3. The Labute approximate surface area is 127 Å². The van der Waals surface area contributed by atoms with Crippen molar-refractivity contribution in [3.63, 3.8) is 0 Å². The summed E-state index contributed by atoms with van der Waals surface area (Å²) >= 11 is 12.5. The molecule has 1 N–H and O–H groups in total. The van der Waals surface area contributed by atoms with Crippen LogP contribution in [0.3, 0.4) is 0 Å². The van der Waals surface area contributed by atoms with Gasteiger partial charge in [-0.3, -0.25) is 0 Å². The summed E-state index contributed by atoms with van der Waals surface area (Å²) in [6, 6.07) is 5.71. The molecule has 0 heterocycles. The summed E-state index contributed by atoms with van der Waals surface area (Å²) in [4.78, 5) is 0. The third-order valence-corrected chi connectivity index (χ3v) is 4.22. The molecule has 0 fully saturated rings. The van der Waals surface area contributed by atoms with E-state index in [-0.39, 0.29) is 5.54 Å². The fraction of sp³-hybridized carbons (Fsp3) is 0.625. The van der Waals surface area contributed by atoms with Gasteiger partial charge in [0.1, 0.15) is 0 Å². The Balaban J connectivity index is 2.61. The highest BCUT2D eigenvalue weighted by Gasteiger charge is 2.18. The number of benzene rings is 1. The van der Waals surface area contributed by atoms with Crippen LogP contribution >= 0.6 is 23.2 Å². The zero-order chi connectivity index (χ0) is 14.6. The van der Waals surface area contributed by atoms with Crippen molar-refractivity contribution < 1.29 is 0 Å². The van der Waals surface area contributed by atoms with E-state index < -0.39 is 0 Å². The maximum atomic E-state index is 6.23. The van der Waals surface area contributed by atoms with E-state index in [1.54, 1.807) is 0 Å². The lowest BCUT2D eigenvalue weighted by Crippen LogP contribution is -2.40. The fourth-order valence-corrected chi connectivity index (χ4v) is 2.47. The van der Waals surface area contributed by atoms with Crippen LogP contribution in [0.4, 0.5) is 0 Å². The molecule has 108 valence electrons. The van der Waals surface area contributed by atoms with E-state index >= 15 is 0 Å². The second kappa shape index (κ2) is 6.97. The molecule has 1 aromatic carbocycles. The third kappa shape index (κ3) is 5.72. The predicted molar refractivity (Wildman–Crippen MR) is 86.2 cm³/mol. The predicted octanol–water partition coefficient (Wildman–Crippen LogP) is 5.20. The van der Waals surface area contributed by atoms with E-state index in [1.807, 2.05) is 18.2 Å². The smallest absolute Gasteiger partial charge is 0.0452 e. The molecule has 0 amide bonds. The van der Waals surface area contributed by atoms with Crippen molar-refractivity contribution in [1.82, 2.24) is 5.32 Å². The number of halogens is 2. The normalized spacial score (nSPS) is 15.3. The van der Waals surface area contributed by atoms with Gasteiger partial charge >= 0.3 is 0 Å². The second-order valence-electron chi connectivity index (χ2n) is 6.49. The van der Waals surface area contributed by atoms with Crippen LogP contribution in [0.15, 0.2) is 18.2 Å². The van der Waals surface area contributed by atoms with Crippen LogP contribution in [0.1, 0.15) is 40.2 Å². The maximum absolute atomic E-state index is 6.23. The van der Waals surface area contributed by atoms with E-state index in [0.29, 0.717) is 11.8 Å². The molecule has 0 saturated heterocycles. The van der Waals surface area contributed by atoms with E-state index in [1.165, 1.54) is 0 Å². The first-order valence-electron chi connectivity index (χ1n) is 6.88. The lowest BCUT2D eigenvalue weighted by molar-refractivity contribution is 0.317. The van der Waals surface area contributed by atoms with Crippen LogP contribution in [-0.2, 0) is 6.42 Å². The Bertz CT molecular complexity index is 389. The van der Waals surface area contributed by atoms with E-state index in [2.05, 4.69) is 39.9 Å². The average Bonchev–Trinajstić information content (AvgIpc) is 2.29. The zero-order valence-electron chi connectivity index (χ0n) is 12.6. The molecule has 2 atom stereocenters. The molecule has 1 rings (SSSR count). The summed E-state index contributed by atoms with van der Waals surface area (Å²) in [7, 11) is 0. The van der Waals surface area contributed by atoms with Gasteiger partial charge in [0, 0.05) is 15.6 Å². The fourth-order valence-electron chi connectivity index (χ4n) is 1.92. The molecular weight excluding hydrogens is 277 g/mol. The Morgan fingerprint density at radius 2 is 1.58 bits per heavy atom. The van der Waals surface area contributed by atoms with Crippen molar-refractivity contribution in [3.05, 3.63) is 33.8 Å². The molecule has 0 saturated carbocycles. The minimum Gasteiger partial charge on any atom is -0.312 e. The molecule has 1 nitrogen and oxygen atoms in total. The van der Waals surface area contributed by atoms with E-state index in [0.717, 1.165) is 28.6 Å². The zero-order valence-corrected chi connectivity index (χ0v) is 14.1. The highest BCUT2D eigenvalue weighted by molar-refractivity contribution is 6.35. The Morgan fingerprint density at radius 3 is 2.05 bits per heavy atom. The average molecular weight is 302 g/mol. The van der Waals surface area contributed by atoms with Gasteiger partial charge in [0.05, 0.1) is 0 Å². The molecule has 0 spiro atoms. The van der Waals surface area contributed by atoms with E-state index in [4.69, 9.17) is 23.2 Å². The van der Waals surface area contributed by atoms with Crippen molar-refractivity contribution in [2.75, 3.05) is 6.54 Å². The molecular formula is C16H25Cl2N. The van der Waals surface area contributed by atoms with Crippen LogP contribution in [0.5, 0.6) is 0 Å². The molecule has 0 aliphatic rings. The molecule has 1 aromatic rings. The van der Waals surface area contributed by atoms with Crippen molar-refractivity contribution >= 4 is 23.2 Å². The number of hydrogen-bond donors (Lipinski definition) is 1. The highest BCUT2D eigenvalue weighted by Crippen LogP contribution is 2.28. The molecule has 19 heavy (non-hydrogen) atoms. The van der Waals surface area contributed by atoms with Crippen molar-refractivity contribution in [2.24, 2.45) is 11.8 Å². The number of hydrogen-bond acceptors (Lipinski definition) is 1. The molecule has 0 aromatic heterocycles. The molecule has 2 unspecified atom stereocenters. The number of nitrogens with one attached hydrogen (secondary N) is 1. The van der Waals surface area contributed by atoms with Gasteiger partial charge in [0.15, 0.2) is 0 Å². The lowest BCUT2D eigenvalue weighted by Gasteiger charge is -2.27. The molecule has 0 aliphatic heterocycles. The van der Waals surface area contributed by atoms with Crippen LogP contribution in [0.25, 0.3) is 0 Å². The summed E-state index contributed by atoms with van der Waals surface area (Å²) in [6.45, 7) is 12.1. The largest absolute Gasteiger partial charge is 0.312 e. The van der Waals surface area contributed by atoms with Crippen molar-refractivity contribution in [2.45, 2.75) is 46.6 Å². The van der Waals surface area contributed by atoms with Crippen molar-refractivity contribution in [3.8, 4) is 0 Å². The van der Waals surface area contributed by atoms with Gasteiger partial charge in [-0.25, -0.2) is 0 Å². The van der Waals surface area contributed by atoms with E-state index in [9.17, 15) is 0 Å². The quantitative estimate of drug-likeness (QED) is 0.788. The monoisotopic (exact) mass is 301 g/mol. The Kier molecular flexibility index (Phi) is 6.16. The molecule has 0 bridgehead atoms. The second-order valence-corrected chi connectivity index (χ2v) is 7.30.